The largest absolute Gasteiger partial charge is 0.490 e. The van der Waals surface area contributed by atoms with E-state index in [9.17, 15) is 9.59 Å². The number of likely N-dealkylation sites (N-methyl/N-ethyl adjacent to an activating group) is 1. The van der Waals surface area contributed by atoms with E-state index < -0.39 is 6.04 Å². The van der Waals surface area contributed by atoms with Crippen LogP contribution in [0.2, 0.25) is 0 Å². The van der Waals surface area contributed by atoms with Crippen molar-refractivity contribution in [2.45, 2.75) is 26.8 Å². The molecule has 6 heteroatoms. The summed E-state index contributed by atoms with van der Waals surface area (Å²) in [6.07, 6.45) is 0. The molecule has 0 heterocycles. The molecule has 0 saturated heterocycles. The Kier molecular flexibility index (Phi) is 8.49. The van der Waals surface area contributed by atoms with E-state index in [2.05, 4.69) is 29.4 Å². The molecule has 150 valence electrons. The monoisotopic (exact) mass is 383 g/mol. The Bertz CT molecular complexity index is 761. The van der Waals surface area contributed by atoms with E-state index in [1.54, 1.807) is 37.3 Å². The van der Waals surface area contributed by atoms with Gasteiger partial charge in [0, 0.05) is 12.1 Å². The molecule has 0 bridgehead atoms. The average Bonchev–Trinajstić information content (AvgIpc) is 2.72. The highest BCUT2D eigenvalue weighted by Gasteiger charge is 2.18. The lowest BCUT2D eigenvalue weighted by molar-refractivity contribution is -0.117. The van der Waals surface area contributed by atoms with Gasteiger partial charge in [0.05, 0.1) is 5.69 Å². The van der Waals surface area contributed by atoms with Crippen molar-refractivity contribution in [3.05, 3.63) is 60.2 Å². The van der Waals surface area contributed by atoms with E-state index in [0.717, 1.165) is 19.6 Å². The van der Waals surface area contributed by atoms with E-state index in [4.69, 9.17) is 4.74 Å². The minimum absolute atomic E-state index is 0.285. The second-order valence-electron chi connectivity index (χ2n) is 6.42. The topological polar surface area (TPSA) is 70.7 Å². The van der Waals surface area contributed by atoms with Gasteiger partial charge in [0.2, 0.25) is 5.91 Å². The number of anilines is 1. The van der Waals surface area contributed by atoms with Gasteiger partial charge in [-0.15, -0.1) is 0 Å². The van der Waals surface area contributed by atoms with Gasteiger partial charge >= 0.3 is 0 Å². The van der Waals surface area contributed by atoms with Crippen molar-refractivity contribution >= 4 is 17.5 Å². The molecule has 6 nitrogen and oxygen atoms in total. The first-order valence-corrected chi connectivity index (χ1v) is 9.66. The summed E-state index contributed by atoms with van der Waals surface area (Å²) in [7, 11) is 0. The lowest BCUT2D eigenvalue weighted by Gasteiger charge is -2.19. The molecule has 2 aromatic rings. The highest BCUT2D eigenvalue weighted by Crippen LogP contribution is 2.23. The van der Waals surface area contributed by atoms with Crippen molar-refractivity contribution in [1.29, 1.82) is 0 Å². The van der Waals surface area contributed by atoms with Crippen molar-refractivity contribution in [3.8, 4) is 5.75 Å². The van der Waals surface area contributed by atoms with E-state index in [1.165, 1.54) is 0 Å². The summed E-state index contributed by atoms with van der Waals surface area (Å²) in [5.41, 5.74) is 1.11. The Morgan fingerprint density at radius 2 is 1.64 bits per heavy atom. The summed E-state index contributed by atoms with van der Waals surface area (Å²) in [4.78, 5) is 27.0. The Labute approximate surface area is 166 Å². The normalized spacial score (nSPS) is 11.7. The predicted molar refractivity (Wildman–Crippen MR) is 112 cm³/mol. The zero-order valence-corrected chi connectivity index (χ0v) is 16.8. The van der Waals surface area contributed by atoms with Crippen LogP contribution in [0.15, 0.2) is 54.6 Å². The standard InChI is InChI=1S/C22H29N3O3/c1-4-25(5-2)15-16-28-20-14-10-9-13-19(20)24-21(26)17(3)23-22(27)18-11-7-6-8-12-18/h6-14,17H,4-5,15-16H2,1-3H3,(H,23,27)(H,24,26). The van der Waals surface area contributed by atoms with E-state index >= 15 is 0 Å². The van der Waals surface area contributed by atoms with Crippen LogP contribution in [0, 0.1) is 0 Å². The molecular formula is C22H29N3O3. The molecule has 0 fully saturated rings. The minimum atomic E-state index is -0.684. The third kappa shape index (κ3) is 6.39. The quantitative estimate of drug-likeness (QED) is 0.661. The number of hydrogen-bond acceptors (Lipinski definition) is 4. The van der Waals surface area contributed by atoms with E-state index in [0.29, 0.717) is 23.6 Å². The summed E-state index contributed by atoms with van der Waals surface area (Å²) >= 11 is 0. The molecule has 0 aliphatic heterocycles. The van der Waals surface area contributed by atoms with Gasteiger partial charge in [0.25, 0.3) is 5.91 Å². The second-order valence-corrected chi connectivity index (χ2v) is 6.42. The Morgan fingerprint density at radius 3 is 2.32 bits per heavy atom. The van der Waals surface area contributed by atoms with Crippen molar-refractivity contribution in [2.75, 3.05) is 31.6 Å². The number of carbonyl (C=O) groups excluding carboxylic acids is 2. The van der Waals surface area contributed by atoms with Crippen molar-refractivity contribution in [1.82, 2.24) is 10.2 Å². The first-order chi connectivity index (χ1) is 13.5. The summed E-state index contributed by atoms with van der Waals surface area (Å²) < 4.78 is 5.86. The molecule has 2 N–H and O–H groups in total. The molecule has 0 aliphatic rings. The maximum absolute atomic E-state index is 12.5. The zero-order chi connectivity index (χ0) is 20.4. The fraction of sp³-hybridized carbons (Fsp3) is 0.364. The number of benzene rings is 2. The molecule has 2 amide bonds. The lowest BCUT2D eigenvalue weighted by Crippen LogP contribution is -2.41. The molecular weight excluding hydrogens is 354 g/mol. The van der Waals surface area contributed by atoms with Gasteiger partial charge in [-0.3, -0.25) is 9.59 Å². The number of nitrogens with zero attached hydrogens (tertiary/aromatic N) is 1. The zero-order valence-electron chi connectivity index (χ0n) is 16.8. The highest BCUT2D eigenvalue weighted by atomic mass is 16.5. The van der Waals surface area contributed by atoms with Gasteiger partial charge in [-0.2, -0.15) is 0 Å². The van der Waals surface area contributed by atoms with Crippen LogP contribution >= 0.6 is 0 Å². The molecule has 0 aliphatic carbocycles. The fourth-order valence-electron chi connectivity index (χ4n) is 2.70. The van der Waals surface area contributed by atoms with Crippen LogP contribution in [-0.2, 0) is 4.79 Å². The van der Waals surface area contributed by atoms with Crippen molar-refractivity contribution < 1.29 is 14.3 Å². The molecule has 0 radical (unpaired) electrons. The molecule has 1 atom stereocenters. The van der Waals surface area contributed by atoms with Crippen LogP contribution in [0.4, 0.5) is 5.69 Å². The smallest absolute Gasteiger partial charge is 0.251 e. The SMILES string of the molecule is CCN(CC)CCOc1ccccc1NC(=O)C(C)NC(=O)c1ccccc1. The number of rotatable bonds is 10. The minimum Gasteiger partial charge on any atom is -0.490 e. The van der Waals surface area contributed by atoms with Crippen molar-refractivity contribution in [3.63, 3.8) is 0 Å². The van der Waals surface area contributed by atoms with Crippen LogP contribution in [-0.4, -0.2) is 49.0 Å². The molecule has 0 saturated carbocycles. The fourth-order valence-corrected chi connectivity index (χ4v) is 2.70. The summed E-state index contributed by atoms with van der Waals surface area (Å²) in [5, 5.41) is 5.55. The van der Waals surface area contributed by atoms with Crippen LogP contribution in [0.25, 0.3) is 0 Å². The highest BCUT2D eigenvalue weighted by molar-refractivity contribution is 6.01. The van der Waals surface area contributed by atoms with Crippen LogP contribution < -0.4 is 15.4 Å². The number of hydrogen-bond donors (Lipinski definition) is 2. The van der Waals surface area contributed by atoms with Crippen LogP contribution in [0.5, 0.6) is 5.75 Å². The predicted octanol–water partition coefficient (Wildman–Crippen LogP) is 3.16. The summed E-state index contributed by atoms with van der Waals surface area (Å²) in [6, 6.07) is 15.4. The lowest BCUT2D eigenvalue weighted by atomic mass is 10.2. The first kappa shape index (κ1) is 21.4. The molecule has 2 aromatic carbocycles. The number of para-hydroxylation sites is 2. The number of ether oxygens (including phenoxy) is 1. The maximum Gasteiger partial charge on any atom is 0.251 e. The van der Waals surface area contributed by atoms with Crippen molar-refractivity contribution in [2.24, 2.45) is 0 Å². The summed E-state index contributed by atoms with van der Waals surface area (Å²) in [6.45, 7) is 9.17. The Balaban J connectivity index is 1.93. The summed E-state index contributed by atoms with van der Waals surface area (Å²) in [5.74, 6) is 0.0284. The van der Waals surface area contributed by atoms with Gasteiger partial charge < -0.3 is 20.3 Å². The second kappa shape index (κ2) is 11.1. The maximum atomic E-state index is 12.5. The third-order valence-corrected chi connectivity index (χ3v) is 4.48. The molecule has 0 aromatic heterocycles. The van der Waals surface area contributed by atoms with Gasteiger partial charge in [0.1, 0.15) is 18.4 Å². The van der Waals surface area contributed by atoms with Crippen LogP contribution in [0.3, 0.4) is 0 Å². The molecule has 2 rings (SSSR count). The average molecular weight is 383 g/mol. The van der Waals surface area contributed by atoms with Crippen LogP contribution in [0.1, 0.15) is 31.1 Å². The number of nitrogens with one attached hydrogen (secondary N) is 2. The Morgan fingerprint density at radius 1 is 1.00 bits per heavy atom. The molecule has 1 unspecified atom stereocenters. The van der Waals surface area contributed by atoms with Gasteiger partial charge in [-0.25, -0.2) is 0 Å². The molecule has 0 spiro atoms. The van der Waals surface area contributed by atoms with Gasteiger partial charge in [-0.05, 0) is 44.3 Å². The van der Waals surface area contributed by atoms with E-state index in [1.807, 2.05) is 24.3 Å². The molecule has 28 heavy (non-hydrogen) atoms. The Hall–Kier alpha value is -2.86. The van der Waals surface area contributed by atoms with Gasteiger partial charge in [0.15, 0.2) is 0 Å². The number of carbonyl (C=O) groups is 2. The first-order valence-electron chi connectivity index (χ1n) is 9.66. The third-order valence-electron chi connectivity index (χ3n) is 4.48. The van der Waals surface area contributed by atoms with E-state index in [-0.39, 0.29) is 11.8 Å². The van der Waals surface area contributed by atoms with Gasteiger partial charge in [-0.1, -0.05) is 44.2 Å². The number of amides is 2.